The van der Waals surface area contributed by atoms with Crippen LogP contribution in [0.3, 0.4) is 0 Å². The molecule has 0 radical (unpaired) electrons. The van der Waals surface area contributed by atoms with Crippen molar-refractivity contribution in [2.45, 2.75) is 12.5 Å². The van der Waals surface area contributed by atoms with Crippen molar-refractivity contribution in [1.29, 1.82) is 0 Å². The molecule has 0 saturated heterocycles. The monoisotopic (exact) mass is 336 g/mol. The SMILES string of the molecule is COc1cc(OC)cc(C(N)Cc2cncc(Br)c2)c1. The number of hydrogen-bond donors (Lipinski definition) is 1. The highest BCUT2D eigenvalue weighted by atomic mass is 79.9. The van der Waals surface area contributed by atoms with Gasteiger partial charge in [-0.2, -0.15) is 0 Å². The first-order valence-electron chi connectivity index (χ1n) is 6.20. The number of pyridine rings is 1. The molecule has 1 unspecified atom stereocenters. The third-order valence-corrected chi connectivity index (χ3v) is 3.45. The summed E-state index contributed by atoms with van der Waals surface area (Å²) in [6, 6.07) is 7.56. The van der Waals surface area contributed by atoms with Crippen LogP contribution in [0.4, 0.5) is 0 Å². The Morgan fingerprint density at radius 2 is 1.75 bits per heavy atom. The molecule has 0 amide bonds. The predicted octanol–water partition coefficient (Wildman–Crippen LogP) is 3.10. The van der Waals surface area contributed by atoms with E-state index in [-0.39, 0.29) is 6.04 Å². The van der Waals surface area contributed by atoms with E-state index in [4.69, 9.17) is 15.2 Å². The second-order valence-electron chi connectivity index (χ2n) is 4.47. The van der Waals surface area contributed by atoms with Crippen LogP contribution in [0.2, 0.25) is 0 Å². The van der Waals surface area contributed by atoms with E-state index in [1.54, 1.807) is 20.4 Å². The van der Waals surface area contributed by atoms with Gasteiger partial charge in [0.15, 0.2) is 0 Å². The maximum atomic E-state index is 6.27. The maximum Gasteiger partial charge on any atom is 0.122 e. The van der Waals surface area contributed by atoms with Gasteiger partial charge in [0.1, 0.15) is 11.5 Å². The molecule has 1 heterocycles. The highest BCUT2D eigenvalue weighted by molar-refractivity contribution is 9.10. The molecule has 1 aromatic heterocycles. The van der Waals surface area contributed by atoms with Gasteiger partial charge in [-0.15, -0.1) is 0 Å². The van der Waals surface area contributed by atoms with Crippen molar-refractivity contribution in [3.05, 3.63) is 52.3 Å². The molecule has 2 rings (SSSR count). The van der Waals surface area contributed by atoms with E-state index >= 15 is 0 Å². The van der Waals surface area contributed by atoms with Crippen LogP contribution in [0.25, 0.3) is 0 Å². The summed E-state index contributed by atoms with van der Waals surface area (Å²) >= 11 is 3.41. The molecular weight excluding hydrogens is 320 g/mol. The summed E-state index contributed by atoms with van der Waals surface area (Å²) in [4.78, 5) is 4.15. The minimum Gasteiger partial charge on any atom is -0.497 e. The van der Waals surface area contributed by atoms with Gasteiger partial charge in [0, 0.05) is 29.0 Å². The number of halogens is 1. The topological polar surface area (TPSA) is 57.4 Å². The van der Waals surface area contributed by atoms with Crippen LogP contribution in [0.5, 0.6) is 11.5 Å². The van der Waals surface area contributed by atoms with Crippen LogP contribution in [-0.4, -0.2) is 19.2 Å². The second kappa shape index (κ2) is 6.72. The standard InChI is InChI=1S/C15H17BrN2O2/c1-19-13-5-11(6-14(7-13)20-2)15(17)4-10-3-12(16)9-18-8-10/h3,5-9,15H,4,17H2,1-2H3. The molecule has 0 saturated carbocycles. The molecule has 0 fully saturated rings. The molecule has 4 nitrogen and oxygen atoms in total. The average molecular weight is 337 g/mol. The third kappa shape index (κ3) is 3.71. The number of hydrogen-bond acceptors (Lipinski definition) is 4. The Hall–Kier alpha value is -1.59. The lowest BCUT2D eigenvalue weighted by molar-refractivity contribution is 0.392. The summed E-state index contributed by atoms with van der Waals surface area (Å²) in [7, 11) is 3.25. The predicted molar refractivity (Wildman–Crippen MR) is 82.1 cm³/mol. The minimum absolute atomic E-state index is 0.143. The van der Waals surface area contributed by atoms with E-state index < -0.39 is 0 Å². The van der Waals surface area contributed by atoms with Crippen LogP contribution >= 0.6 is 15.9 Å². The van der Waals surface area contributed by atoms with Crippen molar-refractivity contribution in [3.8, 4) is 11.5 Å². The highest BCUT2D eigenvalue weighted by Crippen LogP contribution is 2.27. The Bertz CT molecular complexity index is 568. The average Bonchev–Trinajstić information content (AvgIpc) is 2.46. The Labute approximate surface area is 127 Å². The van der Waals surface area contributed by atoms with Gasteiger partial charge in [0.2, 0.25) is 0 Å². The van der Waals surface area contributed by atoms with E-state index in [1.165, 1.54) is 0 Å². The van der Waals surface area contributed by atoms with Crippen LogP contribution in [0.15, 0.2) is 41.1 Å². The number of nitrogens with two attached hydrogens (primary N) is 1. The quantitative estimate of drug-likeness (QED) is 0.911. The van der Waals surface area contributed by atoms with E-state index in [0.29, 0.717) is 6.42 Å². The van der Waals surface area contributed by atoms with Crippen molar-refractivity contribution in [1.82, 2.24) is 4.98 Å². The van der Waals surface area contributed by atoms with Crippen LogP contribution in [0, 0.1) is 0 Å². The van der Waals surface area contributed by atoms with Gasteiger partial charge in [-0.3, -0.25) is 4.98 Å². The Morgan fingerprint density at radius 3 is 2.30 bits per heavy atom. The fourth-order valence-electron chi connectivity index (χ4n) is 1.98. The van der Waals surface area contributed by atoms with Crippen LogP contribution in [-0.2, 0) is 6.42 Å². The Morgan fingerprint density at radius 1 is 1.10 bits per heavy atom. The van der Waals surface area contributed by atoms with Gasteiger partial charge >= 0.3 is 0 Å². The van der Waals surface area contributed by atoms with E-state index in [9.17, 15) is 0 Å². The summed E-state index contributed by atoms with van der Waals surface area (Å²) < 4.78 is 11.5. The minimum atomic E-state index is -0.143. The zero-order chi connectivity index (χ0) is 14.5. The molecule has 1 aromatic carbocycles. The molecule has 0 aliphatic rings. The lowest BCUT2D eigenvalue weighted by Crippen LogP contribution is -2.13. The van der Waals surface area contributed by atoms with E-state index in [2.05, 4.69) is 20.9 Å². The summed E-state index contributed by atoms with van der Waals surface area (Å²) in [5, 5.41) is 0. The molecule has 106 valence electrons. The molecule has 0 aliphatic heterocycles. The van der Waals surface area contributed by atoms with Gasteiger partial charge in [0.05, 0.1) is 14.2 Å². The number of aromatic nitrogens is 1. The van der Waals surface area contributed by atoms with Crippen molar-refractivity contribution >= 4 is 15.9 Å². The molecule has 1 atom stereocenters. The highest BCUT2D eigenvalue weighted by Gasteiger charge is 2.11. The first kappa shape index (κ1) is 14.8. The first-order chi connectivity index (χ1) is 9.62. The summed E-state index contributed by atoms with van der Waals surface area (Å²) in [6.07, 6.45) is 4.27. The molecule has 0 aliphatic carbocycles. The van der Waals surface area contributed by atoms with Crippen LogP contribution in [0.1, 0.15) is 17.2 Å². The summed E-state index contributed by atoms with van der Waals surface area (Å²) in [5.41, 5.74) is 8.32. The maximum absolute atomic E-state index is 6.27. The van der Waals surface area contributed by atoms with Gasteiger partial charge < -0.3 is 15.2 Å². The van der Waals surface area contributed by atoms with Gasteiger partial charge in [0.25, 0.3) is 0 Å². The number of benzene rings is 1. The van der Waals surface area contributed by atoms with Crippen molar-refractivity contribution < 1.29 is 9.47 Å². The first-order valence-corrected chi connectivity index (χ1v) is 6.99. The Kier molecular flexibility index (Phi) is 4.98. The Balaban J connectivity index is 2.22. The van der Waals surface area contributed by atoms with Gasteiger partial charge in [-0.1, -0.05) is 0 Å². The molecular formula is C15H17BrN2O2. The molecule has 5 heteroatoms. The zero-order valence-corrected chi connectivity index (χ0v) is 13.1. The summed E-state index contributed by atoms with van der Waals surface area (Å²) in [6.45, 7) is 0. The van der Waals surface area contributed by atoms with Crippen molar-refractivity contribution in [3.63, 3.8) is 0 Å². The fraction of sp³-hybridized carbons (Fsp3) is 0.267. The number of nitrogens with zero attached hydrogens (tertiary/aromatic N) is 1. The molecule has 2 aromatic rings. The second-order valence-corrected chi connectivity index (χ2v) is 5.38. The van der Waals surface area contributed by atoms with Gasteiger partial charge in [-0.05, 0) is 51.7 Å². The smallest absolute Gasteiger partial charge is 0.122 e. The molecule has 2 N–H and O–H groups in total. The number of methoxy groups -OCH3 is 2. The van der Waals surface area contributed by atoms with E-state index in [1.807, 2.05) is 30.5 Å². The van der Waals surface area contributed by atoms with Crippen molar-refractivity contribution in [2.24, 2.45) is 5.73 Å². The number of ether oxygens (including phenoxy) is 2. The van der Waals surface area contributed by atoms with E-state index in [0.717, 1.165) is 27.1 Å². The largest absolute Gasteiger partial charge is 0.497 e. The lowest BCUT2D eigenvalue weighted by atomic mass is 10.0. The molecule has 0 spiro atoms. The van der Waals surface area contributed by atoms with Crippen molar-refractivity contribution in [2.75, 3.05) is 14.2 Å². The number of rotatable bonds is 5. The molecule has 0 bridgehead atoms. The van der Waals surface area contributed by atoms with Crippen LogP contribution < -0.4 is 15.2 Å². The third-order valence-electron chi connectivity index (χ3n) is 3.02. The normalized spacial score (nSPS) is 12.0. The zero-order valence-electron chi connectivity index (χ0n) is 11.5. The molecule has 20 heavy (non-hydrogen) atoms. The van der Waals surface area contributed by atoms with Gasteiger partial charge in [-0.25, -0.2) is 0 Å². The summed E-state index contributed by atoms with van der Waals surface area (Å²) in [5.74, 6) is 1.48. The lowest BCUT2D eigenvalue weighted by Gasteiger charge is -2.15. The fourth-order valence-corrected chi connectivity index (χ4v) is 2.40.